The van der Waals surface area contributed by atoms with Crippen LogP contribution in [0.1, 0.15) is 33.0 Å². The molecule has 0 aliphatic carbocycles. The molecule has 4 rings (SSSR count). The SMILES string of the molecule is Cc1ccccc1-n1nc(C)c(CN(C)C(=O)c2cc(-c3cccs3)[nH]n2)c1C. The highest BCUT2D eigenvalue weighted by molar-refractivity contribution is 7.13. The Morgan fingerprint density at radius 1 is 1.17 bits per heavy atom. The number of hydrogen-bond acceptors (Lipinski definition) is 4. The van der Waals surface area contributed by atoms with E-state index in [1.54, 1.807) is 29.4 Å². The number of hydrogen-bond donors (Lipinski definition) is 1. The second-order valence-corrected chi connectivity index (χ2v) is 8.10. The Kier molecular flexibility index (Phi) is 5.07. The molecule has 3 heterocycles. The van der Waals surface area contributed by atoms with E-state index in [9.17, 15) is 4.79 Å². The summed E-state index contributed by atoms with van der Waals surface area (Å²) in [6.45, 7) is 6.58. The summed E-state index contributed by atoms with van der Waals surface area (Å²) in [6.07, 6.45) is 0. The average molecular weight is 406 g/mol. The van der Waals surface area contributed by atoms with Gasteiger partial charge < -0.3 is 4.90 Å². The molecule has 29 heavy (non-hydrogen) atoms. The van der Waals surface area contributed by atoms with Gasteiger partial charge >= 0.3 is 0 Å². The van der Waals surface area contributed by atoms with E-state index in [0.717, 1.165) is 38.8 Å². The van der Waals surface area contributed by atoms with Crippen LogP contribution >= 0.6 is 11.3 Å². The maximum Gasteiger partial charge on any atom is 0.274 e. The molecule has 0 aliphatic rings. The summed E-state index contributed by atoms with van der Waals surface area (Å²) in [5.74, 6) is -0.119. The van der Waals surface area contributed by atoms with Gasteiger partial charge in [-0.3, -0.25) is 9.89 Å². The van der Waals surface area contributed by atoms with Crippen LogP contribution in [0.5, 0.6) is 0 Å². The number of aryl methyl sites for hydroxylation is 2. The molecule has 0 unspecified atom stereocenters. The standard InChI is InChI=1S/C22H23N5OS/c1-14-8-5-6-9-20(14)27-16(3)17(15(2)25-27)13-26(4)22(28)19-12-18(23-24-19)21-10-7-11-29-21/h5-12H,13H2,1-4H3,(H,23,24). The first-order chi connectivity index (χ1) is 14.0. The zero-order valence-corrected chi connectivity index (χ0v) is 17.7. The summed E-state index contributed by atoms with van der Waals surface area (Å²) >= 11 is 1.61. The smallest absolute Gasteiger partial charge is 0.274 e. The molecule has 7 heteroatoms. The topological polar surface area (TPSA) is 66.8 Å². The van der Waals surface area contributed by atoms with Crippen LogP contribution in [-0.4, -0.2) is 37.8 Å². The van der Waals surface area contributed by atoms with Crippen LogP contribution in [-0.2, 0) is 6.54 Å². The number of rotatable bonds is 5. The van der Waals surface area contributed by atoms with E-state index in [4.69, 9.17) is 5.10 Å². The van der Waals surface area contributed by atoms with Crippen molar-refractivity contribution in [1.82, 2.24) is 24.9 Å². The lowest BCUT2D eigenvalue weighted by Gasteiger charge is -2.16. The van der Waals surface area contributed by atoms with Gasteiger partial charge in [0.15, 0.2) is 5.69 Å². The highest BCUT2D eigenvalue weighted by Gasteiger charge is 2.20. The number of thiophene rings is 1. The van der Waals surface area contributed by atoms with Crippen LogP contribution in [0.25, 0.3) is 16.3 Å². The van der Waals surface area contributed by atoms with Gasteiger partial charge in [-0.1, -0.05) is 24.3 Å². The number of para-hydroxylation sites is 1. The van der Waals surface area contributed by atoms with Gasteiger partial charge in [-0.2, -0.15) is 10.2 Å². The number of carbonyl (C=O) groups excluding carboxylic acids is 1. The highest BCUT2D eigenvalue weighted by atomic mass is 32.1. The van der Waals surface area contributed by atoms with E-state index in [1.165, 1.54) is 0 Å². The number of aromatic nitrogens is 4. The first-order valence-corrected chi connectivity index (χ1v) is 10.3. The lowest BCUT2D eigenvalue weighted by molar-refractivity contribution is 0.0779. The summed E-state index contributed by atoms with van der Waals surface area (Å²) in [6, 6.07) is 14.0. The minimum Gasteiger partial charge on any atom is -0.336 e. The van der Waals surface area contributed by atoms with Crippen molar-refractivity contribution in [2.45, 2.75) is 27.3 Å². The maximum absolute atomic E-state index is 12.9. The normalized spacial score (nSPS) is 11.0. The Morgan fingerprint density at radius 2 is 1.97 bits per heavy atom. The third kappa shape index (κ3) is 3.61. The van der Waals surface area contributed by atoms with E-state index in [0.29, 0.717) is 12.2 Å². The van der Waals surface area contributed by atoms with Crippen molar-refractivity contribution >= 4 is 17.2 Å². The molecule has 0 saturated carbocycles. The fourth-order valence-corrected chi connectivity index (χ4v) is 4.13. The van der Waals surface area contributed by atoms with Crippen molar-refractivity contribution in [3.05, 3.63) is 76.1 Å². The van der Waals surface area contributed by atoms with Crippen LogP contribution in [0, 0.1) is 20.8 Å². The van der Waals surface area contributed by atoms with Crippen molar-refractivity contribution in [3.63, 3.8) is 0 Å². The Bertz CT molecular complexity index is 1160. The Balaban J connectivity index is 1.56. The number of H-pyrrole nitrogens is 1. The number of nitrogens with one attached hydrogen (secondary N) is 1. The van der Waals surface area contributed by atoms with Crippen LogP contribution in [0.15, 0.2) is 47.8 Å². The quantitative estimate of drug-likeness (QED) is 0.531. The monoisotopic (exact) mass is 405 g/mol. The van der Waals surface area contributed by atoms with Gasteiger partial charge in [0.05, 0.1) is 22.0 Å². The lowest BCUT2D eigenvalue weighted by atomic mass is 10.1. The molecule has 1 N–H and O–H groups in total. The predicted molar refractivity (Wildman–Crippen MR) is 115 cm³/mol. The van der Waals surface area contributed by atoms with E-state index < -0.39 is 0 Å². The summed E-state index contributed by atoms with van der Waals surface area (Å²) in [4.78, 5) is 15.7. The van der Waals surface area contributed by atoms with Crippen molar-refractivity contribution < 1.29 is 4.79 Å². The fraction of sp³-hybridized carbons (Fsp3) is 0.227. The fourth-order valence-electron chi connectivity index (χ4n) is 3.43. The Labute approximate surface area is 173 Å². The number of carbonyl (C=O) groups is 1. The van der Waals surface area contributed by atoms with Gasteiger partial charge in [-0.15, -0.1) is 11.3 Å². The average Bonchev–Trinajstić information content (AvgIpc) is 3.45. The van der Waals surface area contributed by atoms with E-state index >= 15 is 0 Å². The summed E-state index contributed by atoms with van der Waals surface area (Å²) < 4.78 is 1.96. The van der Waals surface area contributed by atoms with Crippen LogP contribution < -0.4 is 0 Å². The highest BCUT2D eigenvalue weighted by Crippen LogP contribution is 2.24. The molecule has 6 nitrogen and oxygen atoms in total. The van der Waals surface area contributed by atoms with Crippen LogP contribution in [0.4, 0.5) is 0 Å². The van der Waals surface area contributed by atoms with Gasteiger partial charge in [-0.05, 0) is 49.9 Å². The molecule has 0 fully saturated rings. The van der Waals surface area contributed by atoms with Gasteiger partial charge in [0.25, 0.3) is 5.91 Å². The molecule has 4 aromatic rings. The van der Waals surface area contributed by atoms with Gasteiger partial charge in [-0.25, -0.2) is 4.68 Å². The molecule has 3 aromatic heterocycles. The molecular weight excluding hydrogens is 382 g/mol. The first kappa shape index (κ1) is 19.1. The number of nitrogens with zero attached hydrogens (tertiary/aromatic N) is 4. The molecule has 0 aliphatic heterocycles. The van der Waals surface area contributed by atoms with Crippen molar-refractivity contribution in [1.29, 1.82) is 0 Å². The Hall–Kier alpha value is -3.19. The van der Waals surface area contributed by atoms with Crippen molar-refractivity contribution in [2.24, 2.45) is 0 Å². The number of aromatic amines is 1. The number of benzene rings is 1. The first-order valence-electron chi connectivity index (χ1n) is 9.41. The summed E-state index contributed by atoms with van der Waals surface area (Å²) in [5, 5.41) is 13.9. The second kappa shape index (κ2) is 7.67. The molecule has 0 radical (unpaired) electrons. The van der Waals surface area contributed by atoms with Crippen LogP contribution in [0.3, 0.4) is 0 Å². The zero-order chi connectivity index (χ0) is 20.5. The molecular formula is C22H23N5OS. The predicted octanol–water partition coefficient (Wildman–Crippen LogP) is 4.52. The molecule has 1 aromatic carbocycles. The van der Waals surface area contributed by atoms with E-state index in [-0.39, 0.29) is 5.91 Å². The molecule has 0 atom stereocenters. The molecule has 0 saturated heterocycles. The third-order valence-electron chi connectivity index (χ3n) is 5.11. The summed E-state index contributed by atoms with van der Waals surface area (Å²) in [7, 11) is 1.80. The minimum atomic E-state index is -0.119. The molecule has 148 valence electrons. The maximum atomic E-state index is 12.9. The third-order valence-corrected chi connectivity index (χ3v) is 6.01. The molecule has 1 amide bonds. The second-order valence-electron chi connectivity index (χ2n) is 7.15. The summed E-state index contributed by atoms with van der Waals surface area (Å²) in [5.41, 5.74) is 6.50. The molecule has 0 spiro atoms. The lowest BCUT2D eigenvalue weighted by Crippen LogP contribution is -2.27. The van der Waals surface area contributed by atoms with Gasteiger partial charge in [0.2, 0.25) is 0 Å². The van der Waals surface area contributed by atoms with Crippen molar-refractivity contribution in [2.75, 3.05) is 7.05 Å². The van der Waals surface area contributed by atoms with Gasteiger partial charge in [0.1, 0.15) is 0 Å². The molecule has 0 bridgehead atoms. The van der Waals surface area contributed by atoms with Crippen molar-refractivity contribution in [3.8, 4) is 16.3 Å². The minimum absolute atomic E-state index is 0.119. The van der Waals surface area contributed by atoms with Gasteiger partial charge in [0, 0.05) is 24.8 Å². The number of amides is 1. The van der Waals surface area contributed by atoms with Crippen LogP contribution in [0.2, 0.25) is 0 Å². The zero-order valence-electron chi connectivity index (χ0n) is 16.9. The Morgan fingerprint density at radius 3 is 2.69 bits per heavy atom. The van der Waals surface area contributed by atoms with E-state index in [1.807, 2.05) is 48.2 Å². The largest absolute Gasteiger partial charge is 0.336 e. The van der Waals surface area contributed by atoms with E-state index in [2.05, 4.69) is 29.3 Å².